The average molecular weight is 476 g/mol. The van der Waals surface area contributed by atoms with E-state index in [1.54, 1.807) is 55.9 Å². The van der Waals surface area contributed by atoms with E-state index in [9.17, 15) is 9.36 Å². The number of fused-ring (bicyclic) bond motifs is 1. The third kappa shape index (κ3) is 6.90. The van der Waals surface area contributed by atoms with Crippen LogP contribution in [0.5, 0.6) is 5.75 Å². The van der Waals surface area contributed by atoms with E-state index in [0.717, 1.165) is 0 Å². The van der Waals surface area contributed by atoms with Gasteiger partial charge in [-0.2, -0.15) is 0 Å². The molecule has 0 aliphatic rings. The fourth-order valence-corrected chi connectivity index (χ4v) is 3.90. The SMILES string of the molecule is CC(C)OC(=O)[C@H](C)Nc1cccc(O[PH](=O)CO[C@H](C)Cn2cnc3c(N)ncnc32)c1. The molecule has 3 N–H and O–H groups in total. The molecule has 11 nitrogen and oxygen atoms in total. The van der Waals surface area contributed by atoms with Crippen molar-refractivity contribution in [3.05, 3.63) is 36.9 Å². The number of nitrogens with one attached hydrogen (secondary N) is 1. The summed E-state index contributed by atoms with van der Waals surface area (Å²) in [7, 11) is -2.50. The van der Waals surface area contributed by atoms with Gasteiger partial charge in [-0.05, 0) is 39.8 Å². The van der Waals surface area contributed by atoms with E-state index in [0.29, 0.717) is 35.0 Å². The lowest BCUT2D eigenvalue weighted by Gasteiger charge is -2.17. The van der Waals surface area contributed by atoms with Crippen LogP contribution >= 0.6 is 8.03 Å². The van der Waals surface area contributed by atoms with E-state index < -0.39 is 14.1 Å². The topological polar surface area (TPSA) is 143 Å². The van der Waals surface area contributed by atoms with Gasteiger partial charge in [0.1, 0.15) is 30.0 Å². The van der Waals surface area contributed by atoms with Crippen LogP contribution in [0.25, 0.3) is 11.2 Å². The number of rotatable bonds is 11. The van der Waals surface area contributed by atoms with E-state index >= 15 is 0 Å². The Morgan fingerprint density at radius 3 is 2.76 bits per heavy atom. The third-order valence-corrected chi connectivity index (χ3v) is 5.39. The Morgan fingerprint density at radius 1 is 1.21 bits per heavy atom. The highest BCUT2D eigenvalue weighted by Gasteiger charge is 2.16. The smallest absolute Gasteiger partial charge is 0.328 e. The molecule has 0 bridgehead atoms. The van der Waals surface area contributed by atoms with Gasteiger partial charge < -0.3 is 29.6 Å². The van der Waals surface area contributed by atoms with E-state index in [4.69, 9.17) is 19.7 Å². The predicted octanol–water partition coefficient (Wildman–Crippen LogP) is 3.08. The Balaban J connectivity index is 1.49. The van der Waals surface area contributed by atoms with Crippen molar-refractivity contribution < 1.29 is 23.4 Å². The van der Waals surface area contributed by atoms with E-state index in [-0.39, 0.29) is 24.5 Å². The van der Waals surface area contributed by atoms with Crippen molar-refractivity contribution in [3.63, 3.8) is 0 Å². The summed E-state index contributed by atoms with van der Waals surface area (Å²) in [4.78, 5) is 24.3. The van der Waals surface area contributed by atoms with Crippen LogP contribution in [0.3, 0.4) is 0 Å². The Kier molecular flexibility index (Phi) is 8.24. The average Bonchev–Trinajstić information content (AvgIpc) is 3.16. The first-order valence-electron chi connectivity index (χ1n) is 10.5. The number of nitrogen functional groups attached to an aromatic ring is 1. The minimum Gasteiger partial charge on any atom is -0.461 e. The molecule has 2 heterocycles. The minimum absolute atomic E-state index is 0.0512. The van der Waals surface area contributed by atoms with Crippen LogP contribution in [0.1, 0.15) is 27.7 Å². The molecule has 12 heteroatoms. The third-order valence-electron chi connectivity index (χ3n) is 4.52. The fraction of sp³-hybridized carbons (Fsp3) is 0.429. The van der Waals surface area contributed by atoms with Gasteiger partial charge in [0.25, 0.3) is 8.03 Å². The summed E-state index contributed by atoms with van der Waals surface area (Å²) in [5.41, 5.74) is 7.59. The summed E-state index contributed by atoms with van der Waals surface area (Å²) in [6, 6.07) is 6.36. The summed E-state index contributed by atoms with van der Waals surface area (Å²) in [5.74, 6) is 0.373. The number of hydrogen-bond donors (Lipinski definition) is 2. The summed E-state index contributed by atoms with van der Waals surface area (Å²) in [6.07, 6.45) is 2.49. The van der Waals surface area contributed by atoms with Crippen LogP contribution in [0.2, 0.25) is 0 Å². The van der Waals surface area contributed by atoms with Crippen LogP contribution in [-0.2, 0) is 25.4 Å². The highest BCUT2D eigenvalue weighted by Crippen LogP contribution is 2.29. The second-order valence-electron chi connectivity index (χ2n) is 7.80. The molecule has 2 aromatic heterocycles. The number of hydrogen-bond acceptors (Lipinski definition) is 10. The zero-order chi connectivity index (χ0) is 24.0. The van der Waals surface area contributed by atoms with Crippen LogP contribution in [0.4, 0.5) is 11.5 Å². The summed E-state index contributed by atoms with van der Waals surface area (Å²) < 4.78 is 30.7. The molecule has 1 unspecified atom stereocenters. The lowest BCUT2D eigenvalue weighted by molar-refractivity contribution is -0.147. The summed E-state index contributed by atoms with van der Waals surface area (Å²) in [6.45, 7) is 7.60. The number of esters is 1. The highest BCUT2D eigenvalue weighted by atomic mass is 31.1. The zero-order valence-corrected chi connectivity index (χ0v) is 20.0. The number of benzene rings is 1. The largest absolute Gasteiger partial charge is 0.461 e. The first kappa shape index (κ1) is 24.5. The number of nitrogens with two attached hydrogens (primary N) is 1. The predicted molar refractivity (Wildman–Crippen MR) is 126 cm³/mol. The van der Waals surface area contributed by atoms with E-state index in [1.807, 2.05) is 6.92 Å². The second kappa shape index (κ2) is 11.1. The molecule has 33 heavy (non-hydrogen) atoms. The molecule has 178 valence electrons. The lowest BCUT2D eigenvalue weighted by atomic mass is 10.2. The van der Waals surface area contributed by atoms with Crippen LogP contribution in [-0.4, -0.2) is 50.1 Å². The molecule has 3 atom stereocenters. The molecule has 3 aromatic rings. The van der Waals surface area contributed by atoms with Crippen molar-refractivity contribution in [2.45, 2.75) is 52.5 Å². The Morgan fingerprint density at radius 2 is 2.00 bits per heavy atom. The van der Waals surface area contributed by atoms with Gasteiger partial charge in [0.15, 0.2) is 11.5 Å². The van der Waals surface area contributed by atoms with Gasteiger partial charge in [0.05, 0.1) is 25.1 Å². The molecule has 0 amide bonds. The minimum atomic E-state index is -2.50. The number of imidazole rings is 1. The first-order valence-corrected chi connectivity index (χ1v) is 12.1. The van der Waals surface area contributed by atoms with E-state index in [1.165, 1.54) is 6.33 Å². The van der Waals surface area contributed by atoms with Gasteiger partial charge in [-0.15, -0.1) is 0 Å². The fourth-order valence-electron chi connectivity index (χ4n) is 3.03. The Bertz CT molecular complexity index is 1120. The van der Waals surface area contributed by atoms with Crippen molar-refractivity contribution in [1.29, 1.82) is 0 Å². The number of nitrogens with zero attached hydrogens (tertiary/aromatic N) is 4. The van der Waals surface area contributed by atoms with Crippen molar-refractivity contribution in [2.24, 2.45) is 0 Å². The Labute approximate surface area is 192 Å². The van der Waals surface area contributed by atoms with Crippen molar-refractivity contribution >= 4 is 36.7 Å². The molecular formula is C21H29N6O5P. The molecule has 0 aliphatic carbocycles. The van der Waals surface area contributed by atoms with E-state index in [2.05, 4.69) is 20.3 Å². The van der Waals surface area contributed by atoms with Gasteiger partial charge >= 0.3 is 5.97 Å². The van der Waals surface area contributed by atoms with Crippen molar-refractivity contribution in [3.8, 4) is 5.75 Å². The van der Waals surface area contributed by atoms with Gasteiger partial charge in [0, 0.05) is 11.8 Å². The summed E-state index contributed by atoms with van der Waals surface area (Å²) >= 11 is 0. The van der Waals surface area contributed by atoms with Crippen LogP contribution < -0.4 is 15.6 Å². The molecule has 0 spiro atoms. The molecule has 0 fully saturated rings. The van der Waals surface area contributed by atoms with Crippen LogP contribution in [0.15, 0.2) is 36.9 Å². The van der Waals surface area contributed by atoms with Gasteiger partial charge in [-0.3, -0.25) is 4.57 Å². The second-order valence-corrected chi connectivity index (χ2v) is 9.04. The molecule has 0 radical (unpaired) electrons. The maximum absolute atomic E-state index is 12.4. The normalized spacial score (nSPS) is 14.1. The number of carbonyl (C=O) groups is 1. The van der Waals surface area contributed by atoms with Gasteiger partial charge in [-0.25, -0.2) is 19.7 Å². The summed E-state index contributed by atoms with van der Waals surface area (Å²) in [5, 5.41) is 3.05. The zero-order valence-electron chi connectivity index (χ0n) is 19.0. The van der Waals surface area contributed by atoms with Gasteiger partial charge in [-0.1, -0.05) is 6.07 Å². The molecule has 1 aromatic carbocycles. The number of aromatic nitrogens is 4. The van der Waals surface area contributed by atoms with Crippen molar-refractivity contribution in [2.75, 3.05) is 17.4 Å². The van der Waals surface area contributed by atoms with Crippen LogP contribution in [0, 0.1) is 0 Å². The van der Waals surface area contributed by atoms with Gasteiger partial charge in [0.2, 0.25) is 0 Å². The van der Waals surface area contributed by atoms with Crippen molar-refractivity contribution in [1.82, 2.24) is 19.5 Å². The first-order chi connectivity index (χ1) is 15.7. The molecule has 0 saturated carbocycles. The Hall–Kier alpha value is -3.17. The lowest BCUT2D eigenvalue weighted by Crippen LogP contribution is -2.30. The standard InChI is InChI=1S/C21H29N6O5P/c1-13(2)31-21(28)15(4)26-16-6-5-7-17(8-16)32-33(29)12-30-14(3)9-27-11-25-18-19(22)23-10-24-20(18)27/h5-8,10-11,13-15,26,33H,9,12H2,1-4H3,(H2,22,23,24)/t14-,15+/m1/s1. The monoisotopic (exact) mass is 476 g/mol. The number of anilines is 2. The molecular weight excluding hydrogens is 447 g/mol. The maximum atomic E-state index is 12.4. The maximum Gasteiger partial charge on any atom is 0.328 e. The number of ether oxygens (including phenoxy) is 2. The number of carbonyl (C=O) groups excluding carboxylic acids is 1. The molecule has 0 saturated heterocycles. The highest BCUT2D eigenvalue weighted by molar-refractivity contribution is 7.39. The molecule has 0 aliphatic heterocycles. The molecule has 3 rings (SSSR count). The quantitative estimate of drug-likeness (QED) is 0.313.